The van der Waals surface area contributed by atoms with Crippen LogP contribution in [0.2, 0.25) is 0 Å². The molecule has 0 aromatic carbocycles. The molecule has 0 saturated heterocycles. The molecule has 5 heteroatoms. The van der Waals surface area contributed by atoms with Crippen LogP contribution in [0.5, 0.6) is 0 Å². The first kappa shape index (κ1) is 14.8. The molecule has 1 unspecified atom stereocenters. The fourth-order valence-corrected chi connectivity index (χ4v) is 2.40. The topological polar surface area (TPSA) is 62.2 Å². The summed E-state index contributed by atoms with van der Waals surface area (Å²) in [5.74, 6) is 0.592. The second-order valence-electron chi connectivity index (χ2n) is 4.44. The second kappa shape index (κ2) is 6.64. The monoisotopic (exact) mass is 268 g/mol. The van der Waals surface area contributed by atoms with Gasteiger partial charge >= 0.3 is 5.97 Å². The summed E-state index contributed by atoms with van der Waals surface area (Å²) in [5.41, 5.74) is 1.85. The van der Waals surface area contributed by atoms with Crippen molar-refractivity contribution in [3.05, 3.63) is 22.9 Å². The molecule has 0 spiro atoms. The number of aryl methyl sites for hydroxylation is 2. The van der Waals surface area contributed by atoms with Crippen LogP contribution >= 0.6 is 11.8 Å². The van der Waals surface area contributed by atoms with Crippen LogP contribution < -0.4 is 5.32 Å². The molecular weight excluding hydrogens is 248 g/mol. The first-order valence-electron chi connectivity index (χ1n) is 5.92. The van der Waals surface area contributed by atoms with Gasteiger partial charge in [-0.15, -0.1) is 0 Å². The summed E-state index contributed by atoms with van der Waals surface area (Å²) >= 11 is 1.78. The lowest BCUT2D eigenvalue weighted by molar-refractivity contribution is 0.0697. The highest BCUT2D eigenvalue weighted by atomic mass is 32.2. The van der Waals surface area contributed by atoms with Gasteiger partial charge in [-0.1, -0.05) is 0 Å². The highest BCUT2D eigenvalue weighted by Crippen LogP contribution is 2.20. The summed E-state index contributed by atoms with van der Waals surface area (Å²) in [7, 11) is 0. The third kappa shape index (κ3) is 3.91. The summed E-state index contributed by atoms with van der Waals surface area (Å²) in [6.07, 6.45) is 3.04. The second-order valence-corrected chi connectivity index (χ2v) is 5.42. The predicted octanol–water partition coefficient (Wildman–Crippen LogP) is 2.95. The Kier molecular flexibility index (Phi) is 5.47. The van der Waals surface area contributed by atoms with E-state index < -0.39 is 5.97 Å². The van der Waals surface area contributed by atoms with E-state index in [-0.39, 0.29) is 11.6 Å². The molecule has 1 heterocycles. The van der Waals surface area contributed by atoms with E-state index in [4.69, 9.17) is 0 Å². The number of aromatic carboxylic acids is 1. The highest BCUT2D eigenvalue weighted by molar-refractivity contribution is 7.98. The molecule has 18 heavy (non-hydrogen) atoms. The summed E-state index contributed by atoms with van der Waals surface area (Å²) in [4.78, 5) is 15.6. The summed E-state index contributed by atoms with van der Waals surface area (Å²) in [6, 6.07) is 2.01. The van der Waals surface area contributed by atoms with E-state index in [0.717, 1.165) is 23.4 Å². The van der Waals surface area contributed by atoms with Gasteiger partial charge in [0.15, 0.2) is 0 Å². The van der Waals surface area contributed by atoms with Gasteiger partial charge in [0.05, 0.1) is 0 Å². The third-order valence-corrected chi connectivity index (χ3v) is 3.34. The van der Waals surface area contributed by atoms with Gasteiger partial charge in [-0.05, 0) is 50.8 Å². The molecule has 0 amide bonds. The number of carbonyl (C=O) groups is 1. The maximum atomic E-state index is 11.3. The van der Waals surface area contributed by atoms with Crippen LogP contribution in [-0.4, -0.2) is 34.1 Å². The largest absolute Gasteiger partial charge is 0.478 e. The Morgan fingerprint density at radius 2 is 2.22 bits per heavy atom. The van der Waals surface area contributed by atoms with Gasteiger partial charge < -0.3 is 10.4 Å². The van der Waals surface area contributed by atoms with Gasteiger partial charge in [0.1, 0.15) is 11.4 Å². The molecule has 0 bridgehead atoms. The van der Waals surface area contributed by atoms with E-state index in [1.807, 2.05) is 13.8 Å². The van der Waals surface area contributed by atoms with Crippen LogP contribution in [0.1, 0.15) is 35.0 Å². The van der Waals surface area contributed by atoms with Crippen molar-refractivity contribution in [3.63, 3.8) is 0 Å². The van der Waals surface area contributed by atoms with E-state index >= 15 is 0 Å². The van der Waals surface area contributed by atoms with E-state index in [9.17, 15) is 9.90 Å². The van der Waals surface area contributed by atoms with Crippen LogP contribution in [-0.2, 0) is 0 Å². The quantitative estimate of drug-likeness (QED) is 0.830. The average Bonchev–Trinajstić information content (AvgIpc) is 2.24. The van der Waals surface area contributed by atoms with Crippen molar-refractivity contribution in [1.29, 1.82) is 0 Å². The molecule has 0 aliphatic rings. The number of thioether (sulfide) groups is 1. The van der Waals surface area contributed by atoms with Crippen molar-refractivity contribution in [2.75, 3.05) is 17.3 Å². The van der Waals surface area contributed by atoms with Gasteiger partial charge in [-0.2, -0.15) is 11.8 Å². The number of hydrogen-bond donors (Lipinski definition) is 2. The molecule has 0 radical (unpaired) electrons. The van der Waals surface area contributed by atoms with Crippen molar-refractivity contribution < 1.29 is 9.90 Å². The van der Waals surface area contributed by atoms with Crippen LogP contribution in [0, 0.1) is 13.8 Å². The minimum atomic E-state index is -0.931. The van der Waals surface area contributed by atoms with E-state index in [2.05, 4.69) is 16.6 Å². The summed E-state index contributed by atoms with van der Waals surface area (Å²) < 4.78 is 0. The number of anilines is 1. The lowest BCUT2D eigenvalue weighted by Crippen LogP contribution is -2.20. The van der Waals surface area contributed by atoms with Crippen LogP contribution in [0.4, 0.5) is 5.82 Å². The molecule has 100 valence electrons. The number of carboxylic acid groups (broad SMARTS) is 1. The fraction of sp³-hybridized carbons (Fsp3) is 0.538. The molecule has 0 saturated carbocycles. The Bertz CT molecular complexity index is 435. The van der Waals surface area contributed by atoms with Crippen molar-refractivity contribution >= 4 is 23.5 Å². The Labute approximate surface area is 112 Å². The normalized spacial score (nSPS) is 12.2. The van der Waals surface area contributed by atoms with E-state index in [1.54, 1.807) is 24.8 Å². The fourth-order valence-electron chi connectivity index (χ4n) is 1.81. The Morgan fingerprint density at radius 3 is 2.78 bits per heavy atom. The van der Waals surface area contributed by atoms with Crippen LogP contribution in [0.15, 0.2) is 6.07 Å². The van der Waals surface area contributed by atoms with Crippen LogP contribution in [0.25, 0.3) is 0 Å². The SMILES string of the molecule is CSCCC(C)Nc1nc(C)cc(C)c1C(=O)O. The standard InChI is InChI=1S/C13H20N2O2S/c1-8-7-10(3)15-12(11(8)13(16)17)14-9(2)5-6-18-4/h7,9H,5-6H2,1-4H3,(H,14,15)(H,16,17). The van der Waals surface area contributed by atoms with E-state index in [1.165, 1.54) is 0 Å². The lowest BCUT2D eigenvalue weighted by atomic mass is 10.1. The smallest absolute Gasteiger partial charge is 0.339 e. The van der Waals surface area contributed by atoms with Gasteiger partial charge in [-0.25, -0.2) is 9.78 Å². The molecule has 1 rings (SSSR count). The predicted molar refractivity (Wildman–Crippen MR) is 76.8 cm³/mol. The molecule has 1 aromatic rings. The molecule has 0 fully saturated rings. The highest BCUT2D eigenvalue weighted by Gasteiger charge is 2.16. The molecule has 0 aliphatic heterocycles. The Balaban J connectivity index is 2.96. The number of aromatic nitrogens is 1. The first-order chi connectivity index (χ1) is 8.45. The number of carboxylic acids is 1. The molecule has 4 nitrogen and oxygen atoms in total. The lowest BCUT2D eigenvalue weighted by Gasteiger charge is -2.17. The molecular formula is C13H20N2O2S. The van der Waals surface area contributed by atoms with Crippen molar-refractivity contribution in [2.24, 2.45) is 0 Å². The molecule has 0 aliphatic carbocycles. The Hall–Kier alpha value is -1.23. The van der Waals surface area contributed by atoms with Crippen molar-refractivity contribution in [1.82, 2.24) is 4.98 Å². The van der Waals surface area contributed by atoms with E-state index in [0.29, 0.717) is 5.82 Å². The number of pyridine rings is 1. The summed E-state index contributed by atoms with van der Waals surface area (Å²) in [5, 5.41) is 12.4. The number of hydrogen-bond acceptors (Lipinski definition) is 4. The van der Waals surface area contributed by atoms with Crippen molar-refractivity contribution in [3.8, 4) is 0 Å². The van der Waals surface area contributed by atoms with Gasteiger partial charge in [0, 0.05) is 11.7 Å². The Morgan fingerprint density at radius 1 is 1.56 bits per heavy atom. The zero-order chi connectivity index (χ0) is 13.7. The minimum absolute atomic E-state index is 0.212. The van der Waals surface area contributed by atoms with Crippen LogP contribution in [0.3, 0.4) is 0 Å². The molecule has 2 N–H and O–H groups in total. The maximum absolute atomic E-state index is 11.3. The molecule has 1 aromatic heterocycles. The number of nitrogens with one attached hydrogen (secondary N) is 1. The molecule has 1 atom stereocenters. The average molecular weight is 268 g/mol. The third-order valence-electron chi connectivity index (χ3n) is 2.70. The zero-order valence-electron chi connectivity index (χ0n) is 11.3. The van der Waals surface area contributed by atoms with Gasteiger partial charge in [0.25, 0.3) is 0 Å². The van der Waals surface area contributed by atoms with Gasteiger partial charge in [0.2, 0.25) is 0 Å². The van der Waals surface area contributed by atoms with Gasteiger partial charge in [-0.3, -0.25) is 0 Å². The first-order valence-corrected chi connectivity index (χ1v) is 7.32. The summed E-state index contributed by atoms with van der Waals surface area (Å²) in [6.45, 7) is 5.72. The number of rotatable bonds is 6. The minimum Gasteiger partial charge on any atom is -0.478 e. The van der Waals surface area contributed by atoms with Crippen molar-refractivity contribution in [2.45, 2.75) is 33.2 Å². The maximum Gasteiger partial charge on any atom is 0.339 e. The zero-order valence-corrected chi connectivity index (χ0v) is 12.1. The number of nitrogens with zero attached hydrogens (tertiary/aromatic N) is 1.